The minimum atomic E-state index is 0.0453. The molecule has 0 saturated carbocycles. The van der Waals surface area contributed by atoms with Crippen molar-refractivity contribution in [3.05, 3.63) is 89.6 Å². The second kappa shape index (κ2) is 7.38. The molecule has 142 valence electrons. The van der Waals surface area contributed by atoms with Gasteiger partial charge in [-0.1, -0.05) is 54.6 Å². The minimum Gasteiger partial charge on any atom is -0.368 e. The third-order valence-electron chi connectivity index (χ3n) is 5.84. The van der Waals surface area contributed by atoms with Crippen molar-refractivity contribution in [1.82, 2.24) is 10.3 Å². The Bertz CT molecular complexity index is 903. The van der Waals surface area contributed by atoms with E-state index in [4.69, 9.17) is 9.72 Å². The molecule has 0 aliphatic carbocycles. The fraction of sp³-hybridized carbons (Fsp3) is 0.292. The molecule has 4 nitrogen and oxygen atoms in total. The number of hydrogen-bond donors (Lipinski definition) is 1. The van der Waals surface area contributed by atoms with Crippen LogP contribution < -0.4 is 10.2 Å². The van der Waals surface area contributed by atoms with Crippen molar-refractivity contribution in [2.24, 2.45) is 0 Å². The molecule has 0 amide bonds. The molecule has 4 heteroatoms. The van der Waals surface area contributed by atoms with Gasteiger partial charge in [0.25, 0.3) is 0 Å². The first-order chi connectivity index (χ1) is 13.8. The van der Waals surface area contributed by atoms with Crippen LogP contribution in [-0.2, 0) is 11.3 Å². The number of hydrogen-bond acceptors (Lipinski definition) is 4. The fourth-order valence-electron chi connectivity index (χ4n) is 4.65. The van der Waals surface area contributed by atoms with Crippen LogP contribution in [0.3, 0.4) is 0 Å². The number of ether oxygens (including phenoxy) is 1. The average Bonchev–Trinajstić information content (AvgIpc) is 3.13. The number of benzene rings is 2. The van der Waals surface area contributed by atoms with Gasteiger partial charge in [0.1, 0.15) is 5.82 Å². The Morgan fingerprint density at radius 3 is 2.64 bits per heavy atom. The Morgan fingerprint density at radius 2 is 1.79 bits per heavy atom. The summed E-state index contributed by atoms with van der Waals surface area (Å²) in [6, 6.07) is 23.6. The van der Waals surface area contributed by atoms with Crippen LogP contribution in [0.2, 0.25) is 0 Å². The molecule has 28 heavy (non-hydrogen) atoms. The molecule has 3 heterocycles. The number of rotatable bonds is 4. The van der Waals surface area contributed by atoms with E-state index in [0.29, 0.717) is 5.92 Å². The Kier molecular flexibility index (Phi) is 4.59. The normalized spacial score (nSPS) is 22.9. The molecule has 3 unspecified atom stereocenters. The predicted octanol–water partition coefficient (Wildman–Crippen LogP) is 4.57. The fourth-order valence-corrected chi connectivity index (χ4v) is 4.65. The Hall–Kier alpha value is -2.69. The lowest BCUT2D eigenvalue weighted by molar-refractivity contribution is 0.0424. The van der Waals surface area contributed by atoms with Gasteiger partial charge in [-0.05, 0) is 36.7 Å². The zero-order valence-corrected chi connectivity index (χ0v) is 16.1. The number of para-hydroxylation sites is 1. The molecule has 1 aromatic heterocycles. The van der Waals surface area contributed by atoms with Gasteiger partial charge in [-0.25, -0.2) is 4.98 Å². The summed E-state index contributed by atoms with van der Waals surface area (Å²) in [6.45, 7) is 1.67. The van der Waals surface area contributed by atoms with Crippen molar-refractivity contribution < 1.29 is 4.74 Å². The summed E-state index contributed by atoms with van der Waals surface area (Å²) in [4.78, 5) is 7.17. The van der Waals surface area contributed by atoms with E-state index in [1.165, 1.54) is 22.4 Å². The molecule has 1 N–H and O–H groups in total. The van der Waals surface area contributed by atoms with Crippen molar-refractivity contribution in [3.8, 4) is 0 Å². The Balaban J connectivity index is 1.65. The second-order valence-corrected chi connectivity index (χ2v) is 7.63. The molecule has 5 rings (SSSR count). The predicted molar refractivity (Wildman–Crippen MR) is 112 cm³/mol. The van der Waals surface area contributed by atoms with Crippen molar-refractivity contribution in [2.45, 2.75) is 31.1 Å². The quantitative estimate of drug-likeness (QED) is 0.729. The summed E-state index contributed by atoms with van der Waals surface area (Å²) in [5.74, 6) is 1.36. The van der Waals surface area contributed by atoms with E-state index in [0.717, 1.165) is 25.3 Å². The van der Waals surface area contributed by atoms with Crippen LogP contribution in [0.5, 0.6) is 0 Å². The summed E-state index contributed by atoms with van der Waals surface area (Å²) >= 11 is 0. The Labute approximate surface area is 166 Å². The maximum atomic E-state index is 6.54. The summed E-state index contributed by atoms with van der Waals surface area (Å²) in [6.07, 6.45) is 3.18. The first-order valence-electron chi connectivity index (χ1n) is 10.0. The number of nitrogens with zero attached hydrogens (tertiary/aromatic N) is 2. The summed E-state index contributed by atoms with van der Waals surface area (Å²) in [5, 5.41) is 3.27. The topological polar surface area (TPSA) is 37.4 Å². The molecule has 1 saturated heterocycles. The van der Waals surface area contributed by atoms with Crippen LogP contribution in [0.4, 0.5) is 11.5 Å². The van der Waals surface area contributed by atoms with Gasteiger partial charge >= 0.3 is 0 Å². The number of anilines is 2. The lowest BCUT2D eigenvalue weighted by Gasteiger charge is -2.26. The molecule has 2 aromatic carbocycles. The molecular weight excluding hydrogens is 346 g/mol. The van der Waals surface area contributed by atoms with Gasteiger partial charge in [-0.2, -0.15) is 0 Å². The minimum absolute atomic E-state index is 0.0453. The van der Waals surface area contributed by atoms with E-state index in [-0.39, 0.29) is 12.2 Å². The van der Waals surface area contributed by atoms with Crippen LogP contribution >= 0.6 is 0 Å². The number of aromatic nitrogens is 1. The first-order valence-corrected chi connectivity index (χ1v) is 10.0. The van der Waals surface area contributed by atoms with Crippen LogP contribution in [0.15, 0.2) is 72.9 Å². The van der Waals surface area contributed by atoms with Gasteiger partial charge < -0.3 is 15.0 Å². The van der Waals surface area contributed by atoms with Gasteiger partial charge in [0, 0.05) is 36.5 Å². The highest BCUT2D eigenvalue weighted by Gasteiger charge is 2.42. The van der Waals surface area contributed by atoms with Gasteiger partial charge in [-0.15, -0.1) is 0 Å². The van der Waals surface area contributed by atoms with E-state index in [2.05, 4.69) is 70.9 Å². The molecule has 0 bridgehead atoms. The van der Waals surface area contributed by atoms with Crippen LogP contribution in [-0.4, -0.2) is 24.7 Å². The van der Waals surface area contributed by atoms with Gasteiger partial charge in [0.15, 0.2) is 0 Å². The zero-order chi connectivity index (χ0) is 18.9. The number of fused-ring (bicyclic) bond motifs is 5. The largest absolute Gasteiger partial charge is 0.368 e. The number of nitrogens with one attached hydrogen (secondary N) is 1. The molecule has 2 aliphatic heterocycles. The molecule has 1 fully saturated rings. The molecule has 3 atom stereocenters. The van der Waals surface area contributed by atoms with Crippen LogP contribution in [0.25, 0.3) is 0 Å². The van der Waals surface area contributed by atoms with Crippen molar-refractivity contribution in [3.63, 3.8) is 0 Å². The summed E-state index contributed by atoms with van der Waals surface area (Å²) in [7, 11) is 1.99. The first kappa shape index (κ1) is 17.4. The van der Waals surface area contributed by atoms with Gasteiger partial charge in [0.2, 0.25) is 0 Å². The third kappa shape index (κ3) is 2.99. The van der Waals surface area contributed by atoms with E-state index in [1.54, 1.807) is 0 Å². The Morgan fingerprint density at radius 1 is 1.00 bits per heavy atom. The third-order valence-corrected chi connectivity index (χ3v) is 5.84. The molecule has 3 aromatic rings. The molecule has 2 aliphatic rings. The smallest absolute Gasteiger partial charge is 0.139 e. The van der Waals surface area contributed by atoms with E-state index in [1.807, 2.05) is 19.3 Å². The lowest BCUT2D eigenvalue weighted by atomic mass is 9.88. The molecule has 0 spiro atoms. The maximum Gasteiger partial charge on any atom is 0.139 e. The number of pyridine rings is 1. The van der Waals surface area contributed by atoms with Crippen molar-refractivity contribution in [1.29, 1.82) is 0 Å². The van der Waals surface area contributed by atoms with Crippen LogP contribution in [0.1, 0.15) is 35.1 Å². The molecular formula is C24H25N3O. The van der Waals surface area contributed by atoms with Gasteiger partial charge in [0.05, 0.1) is 12.2 Å². The van der Waals surface area contributed by atoms with E-state index in [9.17, 15) is 0 Å². The van der Waals surface area contributed by atoms with Crippen molar-refractivity contribution >= 4 is 11.5 Å². The lowest BCUT2D eigenvalue weighted by Crippen LogP contribution is -2.24. The van der Waals surface area contributed by atoms with Crippen LogP contribution in [0, 0.1) is 0 Å². The monoisotopic (exact) mass is 371 g/mol. The van der Waals surface area contributed by atoms with E-state index >= 15 is 0 Å². The summed E-state index contributed by atoms with van der Waals surface area (Å²) < 4.78 is 6.54. The highest BCUT2D eigenvalue weighted by molar-refractivity contribution is 5.70. The van der Waals surface area contributed by atoms with E-state index < -0.39 is 0 Å². The maximum absolute atomic E-state index is 6.54. The SMILES string of the molecule is CNCC1CC2c3ccccc3N(Cc3ccccc3)c3ncccc3C2O1. The average molecular weight is 371 g/mol. The highest BCUT2D eigenvalue weighted by atomic mass is 16.5. The molecule has 0 radical (unpaired) electrons. The standard InChI is InChI=1S/C24H25N3O/c1-25-15-18-14-21-19-10-5-6-12-22(19)27(16-17-8-3-2-4-9-17)24-20(23(21)28-18)11-7-13-26-24/h2-13,18,21,23,25H,14-16H2,1H3. The number of likely N-dealkylation sites (N-methyl/N-ethyl adjacent to an activating group) is 1. The zero-order valence-electron chi connectivity index (χ0n) is 16.1. The highest BCUT2D eigenvalue weighted by Crippen LogP contribution is 2.52. The van der Waals surface area contributed by atoms with Gasteiger partial charge in [-0.3, -0.25) is 0 Å². The summed E-state index contributed by atoms with van der Waals surface area (Å²) in [5.41, 5.74) is 5.07. The second-order valence-electron chi connectivity index (χ2n) is 7.63. The van der Waals surface area contributed by atoms with Crippen molar-refractivity contribution in [2.75, 3.05) is 18.5 Å².